The largest absolute Gasteiger partial charge is 0.494 e. The molecule has 1 N–H and O–H groups in total. The van der Waals surface area contributed by atoms with Crippen molar-refractivity contribution in [3.8, 4) is 5.75 Å². The van der Waals surface area contributed by atoms with Crippen LogP contribution < -0.4 is 15.0 Å². The van der Waals surface area contributed by atoms with Gasteiger partial charge in [0.2, 0.25) is 5.91 Å². The smallest absolute Gasteiger partial charge is 0.416 e. The zero-order valence-corrected chi connectivity index (χ0v) is 15.1. The molecule has 0 bridgehead atoms. The summed E-state index contributed by atoms with van der Waals surface area (Å²) in [5.41, 5.74) is -0.0125. The predicted molar refractivity (Wildman–Crippen MR) is 97.3 cm³/mol. The van der Waals surface area contributed by atoms with Crippen molar-refractivity contribution in [1.29, 1.82) is 0 Å². The van der Waals surface area contributed by atoms with E-state index in [-0.39, 0.29) is 17.9 Å². The molecule has 3 rings (SSSR count). The molecule has 0 radical (unpaired) electrons. The number of carbonyl (C=O) groups is 2. The van der Waals surface area contributed by atoms with Crippen LogP contribution in [0.3, 0.4) is 0 Å². The Bertz CT molecular complexity index is 848. The Hall–Kier alpha value is -3.03. The number of rotatable bonds is 5. The van der Waals surface area contributed by atoms with Crippen LogP contribution in [-0.2, 0) is 11.0 Å². The number of benzene rings is 2. The van der Waals surface area contributed by atoms with Crippen LogP contribution >= 0.6 is 0 Å². The maximum atomic E-state index is 12.6. The molecule has 1 heterocycles. The molecular weight excluding hydrogens is 373 g/mol. The molecule has 0 unspecified atom stereocenters. The predicted octanol–water partition coefficient (Wildman–Crippen LogP) is 3.64. The van der Waals surface area contributed by atoms with Gasteiger partial charge in [-0.2, -0.15) is 13.2 Å². The van der Waals surface area contributed by atoms with Gasteiger partial charge in [0.25, 0.3) is 5.91 Å². The van der Waals surface area contributed by atoms with E-state index in [1.54, 1.807) is 29.2 Å². The lowest BCUT2D eigenvalue weighted by atomic mass is 10.1. The van der Waals surface area contributed by atoms with Crippen LogP contribution in [0.25, 0.3) is 0 Å². The quantitative estimate of drug-likeness (QED) is 0.845. The number of anilines is 1. The van der Waals surface area contributed by atoms with Crippen molar-refractivity contribution in [1.82, 2.24) is 5.32 Å². The van der Waals surface area contributed by atoms with Gasteiger partial charge in [-0.3, -0.25) is 9.59 Å². The van der Waals surface area contributed by atoms with E-state index >= 15 is 0 Å². The number of alkyl halides is 3. The summed E-state index contributed by atoms with van der Waals surface area (Å²) in [5.74, 6) is 0.0481. The number of hydrogen-bond donors (Lipinski definition) is 1. The molecule has 0 saturated carbocycles. The molecule has 1 saturated heterocycles. The second kappa shape index (κ2) is 7.92. The zero-order valence-electron chi connectivity index (χ0n) is 15.1. The van der Waals surface area contributed by atoms with Gasteiger partial charge in [-0.1, -0.05) is 0 Å². The lowest BCUT2D eigenvalue weighted by Gasteiger charge is -2.18. The Morgan fingerprint density at radius 1 is 1.14 bits per heavy atom. The number of nitrogens with one attached hydrogen (secondary N) is 1. The van der Waals surface area contributed by atoms with Crippen molar-refractivity contribution in [3.63, 3.8) is 0 Å². The van der Waals surface area contributed by atoms with Crippen LogP contribution in [0.1, 0.15) is 29.3 Å². The van der Waals surface area contributed by atoms with Crippen molar-refractivity contribution in [2.45, 2.75) is 25.6 Å². The number of amides is 2. The summed E-state index contributed by atoms with van der Waals surface area (Å²) in [7, 11) is 0. The minimum absolute atomic E-state index is 0.111. The van der Waals surface area contributed by atoms with Crippen LogP contribution in [0, 0.1) is 0 Å². The molecule has 148 valence electrons. The van der Waals surface area contributed by atoms with E-state index in [1.165, 1.54) is 0 Å². The van der Waals surface area contributed by atoms with Crippen molar-refractivity contribution in [2.75, 3.05) is 18.1 Å². The molecule has 1 fully saturated rings. The van der Waals surface area contributed by atoms with Gasteiger partial charge < -0.3 is 15.0 Å². The first-order valence-corrected chi connectivity index (χ1v) is 8.79. The zero-order chi connectivity index (χ0) is 20.3. The topological polar surface area (TPSA) is 58.6 Å². The number of halogens is 3. The molecule has 2 aromatic rings. The molecule has 0 aliphatic carbocycles. The minimum Gasteiger partial charge on any atom is -0.494 e. The van der Waals surface area contributed by atoms with Crippen LogP contribution in [0.2, 0.25) is 0 Å². The normalized spacial score (nSPS) is 16.9. The van der Waals surface area contributed by atoms with Gasteiger partial charge in [0.1, 0.15) is 5.75 Å². The van der Waals surface area contributed by atoms with Gasteiger partial charge in [0.15, 0.2) is 0 Å². The summed E-state index contributed by atoms with van der Waals surface area (Å²) in [5, 5.41) is 2.71. The summed E-state index contributed by atoms with van der Waals surface area (Å²) in [6, 6.07) is 10.6. The standard InChI is InChI=1S/C20H19F3N2O3/c1-2-28-17-9-7-16(8-10-17)25-12-15(11-18(25)26)24-19(27)13-3-5-14(6-4-13)20(21,22)23/h3-10,15H,2,11-12H2,1H3,(H,24,27)/t15-/m1/s1. The fourth-order valence-electron chi connectivity index (χ4n) is 3.02. The third-order valence-corrected chi connectivity index (χ3v) is 4.39. The van der Waals surface area contributed by atoms with Crippen molar-refractivity contribution in [2.24, 2.45) is 0 Å². The second-order valence-corrected chi connectivity index (χ2v) is 6.38. The van der Waals surface area contributed by atoms with Crippen LogP contribution in [0.4, 0.5) is 18.9 Å². The van der Waals surface area contributed by atoms with Crippen molar-refractivity contribution >= 4 is 17.5 Å². The first-order valence-electron chi connectivity index (χ1n) is 8.79. The van der Waals surface area contributed by atoms with Gasteiger partial charge in [-0.05, 0) is 55.5 Å². The molecule has 1 aliphatic rings. The number of ether oxygens (including phenoxy) is 1. The monoisotopic (exact) mass is 392 g/mol. The molecule has 0 aromatic heterocycles. The lowest BCUT2D eigenvalue weighted by Crippen LogP contribution is -2.37. The highest BCUT2D eigenvalue weighted by Crippen LogP contribution is 2.29. The third-order valence-electron chi connectivity index (χ3n) is 4.39. The van der Waals surface area contributed by atoms with Crippen molar-refractivity contribution < 1.29 is 27.5 Å². The fraction of sp³-hybridized carbons (Fsp3) is 0.300. The Balaban J connectivity index is 1.62. The highest BCUT2D eigenvalue weighted by molar-refractivity contribution is 5.99. The van der Waals surface area contributed by atoms with E-state index in [4.69, 9.17) is 4.74 Å². The van der Waals surface area contributed by atoms with E-state index in [0.717, 1.165) is 24.3 Å². The molecular formula is C20H19F3N2O3. The summed E-state index contributed by atoms with van der Waals surface area (Å²) in [4.78, 5) is 26.1. The molecule has 2 amide bonds. The highest BCUT2D eigenvalue weighted by Gasteiger charge is 2.33. The fourth-order valence-corrected chi connectivity index (χ4v) is 3.02. The van der Waals surface area contributed by atoms with Crippen LogP contribution in [0.15, 0.2) is 48.5 Å². The average molecular weight is 392 g/mol. The Labute approximate surface area is 160 Å². The SMILES string of the molecule is CCOc1ccc(N2C[C@H](NC(=O)c3ccc(C(F)(F)F)cc3)CC2=O)cc1. The summed E-state index contributed by atoms with van der Waals surface area (Å²) in [6.07, 6.45) is -4.33. The van der Waals surface area contributed by atoms with E-state index in [1.807, 2.05) is 6.92 Å². The minimum atomic E-state index is -4.45. The Morgan fingerprint density at radius 3 is 2.36 bits per heavy atom. The highest BCUT2D eigenvalue weighted by atomic mass is 19.4. The summed E-state index contributed by atoms with van der Waals surface area (Å²) >= 11 is 0. The first kappa shape index (κ1) is 19.7. The first-order chi connectivity index (χ1) is 13.3. The van der Waals surface area contributed by atoms with Gasteiger partial charge >= 0.3 is 6.18 Å². The molecule has 1 aliphatic heterocycles. The van der Waals surface area contributed by atoms with Crippen LogP contribution in [0.5, 0.6) is 5.75 Å². The molecule has 0 spiro atoms. The molecule has 28 heavy (non-hydrogen) atoms. The van der Waals surface area contributed by atoms with E-state index in [2.05, 4.69) is 5.32 Å². The Kier molecular flexibility index (Phi) is 5.58. The van der Waals surface area contributed by atoms with Gasteiger partial charge in [0.05, 0.1) is 18.2 Å². The third kappa shape index (κ3) is 4.44. The summed E-state index contributed by atoms with van der Waals surface area (Å²) < 4.78 is 43.2. The Morgan fingerprint density at radius 2 is 1.79 bits per heavy atom. The van der Waals surface area contributed by atoms with Crippen LogP contribution in [-0.4, -0.2) is 31.0 Å². The van der Waals surface area contributed by atoms with E-state index in [0.29, 0.717) is 24.6 Å². The maximum Gasteiger partial charge on any atom is 0.416 e. The molecule has 2 aromatic carbocycles. The number of nitrogens with zero attached hydrogens (tertiary/aromatic N) is 1. The van der Waals surface area contributed by atoms with E-state index in [9.17, 15) is 22.8 Å². The van der Waals surface area contributed by atoms with Crippen molar-refractivity contribution in [3.05, 3.63) is 59.7 Å². The lowest BCUT2D eigenvalue weighted by molar-refractivity contribution is -0.137. The van der Waals surface area contributed by atoms with E-state index < -0.39 is 23.7 Å². The number of carbonyl (C=O) groups excluding carboxylic acids is 2. The molecule has 5 nitrogen and oxygen atoms in total. The second-order valence-electron chi connectivity index (χ2n) is 6.38. The van der Waals surface area contributed by atoms with Gasteiger partial charge in [-0.25, -0.2) is 0 Å². The molecule has 1 atom stereocenters. The van der Waals surface area contributed by atoms with Gasteiger partial charge in [-0.15, -0.1) is 0 Å². The molecule has 8 heteroatoms. The number of hydrogen-bond acceptors (Lipinski definition) is 3. The van der Waals surface area contributed by atoms with Gasteiger partial charge in [0, 0.05) is 24.2 Å². The maximum absolute atomic E-state index is 12.6. The summed E-state index contributed by atoms with van der Waals surface area (Å²) in [6.45, 7) is 2.71. The average Bonchev–Trinajstić information content (AvgIpc) is 3.02.